The smallest absolute Gasteiger partial charge is 0.261 e. The molecule has 3 aromatic carbocycles. The Kier molecular flexibility index (Phi) is 9.30. The summed E-state index contributed by atoms with van der Waals surface area (Å²) in [6.07, 6.45) is 3.18. The lowest BCUT2D eigenvalue weighted by molar-refractivity contribution is 0.115. The van der Waals surface area contributed by atoms with Gasteiger partial charge in [-0.3, -0.25) is 0 Å². The van der Waals surface area contributed by atoms with Gasteiger partial charge in [0.1, 0.15) is 5.75 Å². The average Bonchev–Trinajstić information content (AvgIpc) is 2.84. The summed E-state index contributed by atoms with van der Waals surface area (Å²) in [5.41, 5.74) is 1.17. The number of benzene rings is 3. The van der Waals surface area contributed by atoms with E-state index in [9.17, 15) is 0 Å². The van der Waals surface area contributed by atoms with Gasteiger partial charge in [0.15, 0.2) is 0 Å². The summed E-state index contributed by atoms with van der Waals surface area (Å²) >= 11 is 0. The SMILES string of the molecule is COc1ccc(COCCCCCO[Si](c2ccccc2)(c2ccccc2)C(C)(C)C)cc1. The molecule has 0 aliphatic carbocycles. The molecule has 33 heavy (non-hydrogen) atoms. The van der Waals surface area contributed by atoms with Crippen molar-refractivity contribution in [3.63, 3.8) is 0 Å². The second-order valence-electron chi connectivity index (χ2n) is 9.47. The van der Waals surface area contributed by atoms with Gasteiger partial charge in [-0.25, -0.2) is 0 Å². The summed E-state index contributed by atoms with van der Waals surface area (Å²) in [6, 6.07) is 29.7. The molecule has 0 heterocycles. The Morgan fingerprint density at radius 3 is 1.73 bits per heavy atom. The van der Waals surface area contributed by atoms with Gasteiger partial charge in [0.25, 0.3) is 8.32 Å². The van der Waals surface area contributed by atoms with Gasteiger partial charge in [0.2, 0.25) is 0 Å². The maximum Gasteiger partial charge on any atom is 0.261 e. The van der Waals surface area contributed by atoms with E-state index in [0.717, 1.165) is 38.2 Å². The summed E-state index contributed by atoms with van der Waals surface area (Å²) in [4.78, 5) is 0. The van der Waals surface area contributed by atoms with Gasteiger partial charge in [0, 0.05) is 13.2 Å². The van der Waals surface area contributed by atoms with Crippen molar-refractivity contribution in [2.45, 2.75) is 51.7 Å². The van der Waals surface area contributed by atoms with E-state index in [1.54, 1.807) is 7.11 Å². The minimum absolute atomic E-state index is 0.0250. The Bertz CT molecular complexity index is 895. The Hall–Kier alpha value is -2.40. The average molecular weight is 463 g/mol. The lowest BCUT2D eigenvalue weighted by atomic mass is 10.2. The molecule has 4 heteroatoms. The molecule has 0 unspecified atom stereocenters. The number of hydrogen-bond acceptors (Lipinski definition) is 3. The molecule has 0 saturated heterocycles. The summed E-state index contributed by atoms with van der Waals surface area (Å²) in [7, 11) is -0.735. The van der Waals surface area contributed by atoms with Crippen molar-refractivity contribution in [2.24, 2.45) is 0 Å². The quantitative estimate of drug-likeness (QED) is 0.246. The normalized spacial score (nSPS) is 12.0. The first-order valence-corrected chi connectivity index (χ1v) is 13.8. The highest BCUT2D eigenvalue weighted by atomic mass is 28.4. The van der Waals surface area contributed by atoms with Crippen LogP contribution in [0.2, 0.25) is 5.04 Å². The van der Waals surface area contributed by atoms with Gasteiger partial charge in [-0.1, -0.05) is 93.6 Å². The molecule has 0 bridgehead atoms. The van der Waals surface area contributed by atoms with E-state index in [-0.39, 0.29) is 5.04 Å². The molecule has 3 rings (SSSR count). The first-order chi connectivity index (χ1) is 16.0. The number of methoxy groups -OCH3 is 1. The standard InChI is InChI=1S/C29H38O3Si/c1-29(2,3)33(27-14-8-5-9-15-27,28-16-10-6-11-17-28)32-23-13-7-12-22-31-24-25-18-20-26(30-4)21-19-25/h5-6,8-11,14-21H,7,12-13,22-24H2,1-4H3. The molecule has 0 radical (unpaired) electrons. The van der Waals surface area contributed by atoms with Crippen LogP contribution in [0.15, 0.2) is 84.9 Å². The molecule has 3 nitrogen and oxygen atoms in total. The number of rotatable bonds is 12. The molecule has 0 saturated carbocycles. The summed E-state index contributed by atoms with van der Waals surface area (Å²) in [5.74, 6) is 0.875. The van der Waals surface area contributed by atoms with Gasteiger partial charge in [-0.2, -0.15) is 0 Å². The Morgan fingerprint density at radius 2 is 1.21 bits per heavy atom. The van der Waals surface area contributed by atoms with E-state index in [1.165, 1.54) is 15.9 Å². The van der Waals surface area contributed by atoms with Crippen LogP contribution in [0.3, 0.4) is 0 Å². The van der Waals surface area contributed by atoms with Crippen LogP contribution in [0.5, 0.6) is 5.75 Å². The number of hydrogen-bond donors (Lipinski definition) is 0. The van der Waals surface area contributed by atoms with E-state index in [4.69, 9.17) is 13.9 Å². The van der Waals surface area contributed by atoms with E-state index in [1.807, 2.05) is 12.1 Å². The van der Waals surface area contributed by atoms with Crippen molar-refractivity contribution in [2.75, 3.05) is 20.3 Å². The highest BCUT2D eigenvalue weighted by Crippen LogP contribution is 2.36. The van der Waals surface area contributed by atoms with E-state index < -0.39 is 8.32 Å². The molecule has 0 aromatic heterocycles. The van der Waals surface area contributed by atoms with Crippen molar-refractivity contribution < 1.29 is 13.9 Å². The minimum atomic E-state index is -2.42. The molecule has 176 valence electrons. The zero-order valence-electron chi connectivity index (χ0n) is 20.6. The Morgan fingerprint density at radius 1 is 0.667 bits per heavy atom. The highest BCUT2D eigenvalue weighted by Gasteiger charge is 2.49. The lowest BCUT2D eigenvalue weighted by Crippen LogP contribution is -2.66. The second-order valence-corrected chi connectivity index (χ2v) is 13.8. The van der Waals surface area contributed by atoms with Crippen molar-refractivity contribution >= 4 is 18.7 Å². The van der Waals surface area contributed by atoms with Crippen LogP contribution < -0.4 is 15.1 Å². The van der Waals surface area contributed by atoms with E-state index >= 15 is 0 Å². The first kappa shape index (κ1) is 25.2. The summed E-state index contributed by atoms with van der Waals surface area (Å²) < 4.78 is 18.0. The monoisotopic (exact) mass is 462 g/mol. The maximum absolute atomic E-state index is 6.95. The fourth-order valence-electron chi connectivity index (χ4n) is 4.38. The largest absolute Gasteiger partial charge is 0.497 e. The van der Waals surface area contributed by atoms with Crippen molar-refractivity contribution in [3.05, 3.63) is 90.5 Å². The minimum Gasteiger partial charge on any atom is -0.497 e. The molecule has 0 amide bonds. The van der Waals surface area contributed by atoms with E-state index in [2.05, 4.69) is 93.6 Å². The number of ether oxygens (including phenoxy) is 2. The fraction of sp³-hybridized carbons (Fsp3) is 0.379. The van der Waals surface area contributed by atoms with Crippen molar-refractivity contribution in [1.82, 2.24) is 0 Å². The van der Waals surface area contributed by atoms with Gasteiger partial charge >= 0.3 is 0 Å². The maximum atomic E-state index is 6.95. The zero-order chi connectivity index (χ0) is 23.6. The van der Waals surface area contributed by atoms with Crippen LogP contribution >= 0.6 is 0 Å². The Balaban J connectivity index is 1.54. The van der Waals surface area contributed by atoms with Gasteiger partial charge < -0.3 is 13.9 Å². The van der Waals surface area contributed by atoms with Crippen LogP contribution in [0.4, 0.5) is 0 Å². The fourth-order valence-corrected chi connectivity index (χ4v) is 8.99. The molecule has 0 N–H and O–H groups in total. The molecule has 3 aromatic rings. The van der Waals surface area contributed by atoms with Crippen LogP contribution in [-0.4, -0.2) is 28.6 Å². The lowest BCUT2D eigenvalue weighted by Gasteiger charge is -2.43. The number of unbranched alkanes of at least 4 members (excludes halogenated alkanes) is 2. The van der Waals surface area contributed by atoms with Gasteiger partial charge in [-0.05, 0) is 52.4 Å². The molecule has 0 aliphatic rings. The van der Waals surface area contributed by atoms with Gasteiger partial charge in [-0.15, -0.1) is 0 Å². The highest BCUT2D eigenvalue weighted by molar-refractivity contribution is 6.99. The van der Waals surface area contributed by atoms with Crippen LogP contribution in [-0.2, 0) is 15.8 Å². The Labute approximate surface area is 200 Å². The molecular formula is C29H38O3Si. The first-order valence-electron chi connectivity index (χ1n) is 11.9. The summed E-state index contributed by atoms with van der Waals surface area (Å²) in [6.45, 7) is 9.16. The topological polar surface area (TPSA) is 27.7 Å². The predicted molar refractivity (Wildman–Crippen MR) is 140 cm³/mol. The second kappa shape index (κ2) is 12.2. The third-order valence-electron chi connectivity index (χ3n) is 6.10. The molecule has 0 aliphatic heterocycles. The third kappa shape index (κ3) is 6.56. The molecule has 0 atom stereocenters. The van der Waals surface area contributed by atoms with Crippen LogP contribution in [0.1, 0.15) is 45.6 Å². The summed E-state index contributed by atoms with van der Waals surface area (Å²) in [5, 5.41) is 2.70. The molecule has 0 spiro atoms. The van der Waals surface area contributed by atoms with Crippen LogP contribution in [0.25, 0.3) is 0 Å². The van der Waals surface area contributed by atoms with Gasteiger partial charge in [0.05, 0.1) is 13.7 Å². The molecular weight excluding hydrogens is 424 g/mol. The van der Waals surface area contributed by atoms with E-state index in [0.29, 0.717) is 6.61 Å². The predicted octanol–water partition coefficient (Wildman–Crippen LogP) is 5.96. The molecule has 0 fully saturated rings. The van der Waals surface area contributed by atoms with Crippen molar-refractivity contribution in [3.8, 4) is 5.75 Å². The van der Waals surface area contributed by atoms with Crippen LogP contribution in [0, 0.1) is 0 Å². The van der Waals surface area contributed by atoms with Crippen molar-refractivity contribution in [1.29, 1.82) is 0 Å². The zero-order valence-corrected chi connectivity index (χ0v) is 21.6. The third-order valence-corrected chi connectivity index (χ3v) is 11.1.